The van der Waals surface area contributed by atoms with Gasteiger partial charge in [0.25, 0.3) is 0 Å². The van der Waals surface area contributed by atoms with Crippen molar-refractivity contribution in [3.8, 4) is 0 Å². The highest BCUT2D eigenvalue weighted by Crippen LogP contribution is 2.68. The smallest absolute Gasteiger partial charge is 0.316 e. The Morgan fingerprint density at radius 2 is 1.89 bits per heavy atom. The fraction of sp³-hybridized carbons (Fsp3) is 0.862. The molecule has 35 heavy (non-hydrogen) atoms. The lowest BCUT2D eigenvalue weighted by molar-refractivity contribution is -0.205. The third-order valence-electron chi connectivity index (χ3n) is 11.0. The fourth-order valence-corrected chi connectivity index (χ4v) is 9.44. The molecule has 0 heterocycles. The molecule has 2 N–H and O–H groups in total. The summed E-state index contributed by atoms with van der Waals surface area (Å²) < 4.78 is 6.32. The van der Waals surface area contributed by atoms with Crippen LogP contribution in [0.2, 0.25) is 0 Å². The molecule has 0 spiro atoms. The second-order valence-electron chi connectivity index (χ2n) is 12.9. The predicted octanol–water partition coefficient (Wildman–Crippen LogP) is 5.18. The van der Waals surface area contributed by atoms with Crippen LogP contribution in [-0.2, 0) is 14.3 Å². The molecule has 0 aromatic carbocycles. The van der Waals surface area contributed by atoms with E-state index in [0.29, 0.717) is 18.8 Å². The topological polar surface area (TPSA) is 83.8 Å². The van der Waals surface area contributed by atoms with Crippen LogP contribution in [0.3, 0.4) is 0 Å². The summed E-state index contributed by atoms with van der Waals surface area (Å²) >= 11 is 1.50. The van der Waals surface area contributed by atoms with E-state index in [9.17, 15) is 19.8 Å². The highest BCUT2D eigenvalue weighted by atomic mass is 32.2. The van der Waals surface area contributed by atoms with Gasteiger partial charge in [-0.05, 0) is 68.1 Å². The van der Waals surface area contributed by atoms with E-state index in [-0.39, 0.29) is 52.0 Å². The number of carbonyl (C=O) groups is 2. The number of ether oxygens (including phenoxy) is 1. The first kappa shape index (κ1) is 27.2. The third kappa shape index (κ3) is 4.44. The molecule has 0 aliphatic heterocycles. The van der Waals surface area contributed by atoms with E-state index in [4.69, 9.17) is 4.74 Å². The van der Waals surface area contributed by atoms with Crippen LogP contribution in [0.25, 0.3) is 0 Å². The number of aliphatic hydroxyl groups is 2. The Kier molecular flexibility index (Phi) is 7.61. The maximum Gasteiger partial charge on any atom is 0.316 e. The van der Waals surface area contributed by atoms with Crippen molar-refractivity contribution in [2.75, 3.05) is 5.75 Å². The van der Waals surface area contributed by atoms with Crippen molar-refractivity contribution in [2.24, 2.45) is 39.9 Å². The first-order valence-corrected chi connectivity index (χ1v) is 14.8. The molecule has 4 saturated carbocycles. The Balaban J connectivity index is 1.62. The van der Waals surface area contributed by atoms with Crippen molar-refractivity contribution < 1.29 is 24.5 Å². The number of Topliss-reactive ketones (excluding diaryl/α,β-unsaturated/α-hetero) is 1. The number of rotatable bonds is 5. The van der Waals surface area contributed by atoms with Gasteiger partial charge >= 0.3 is 5.97 Å². The molecule has 4 unspecified atom stereocenters. The van der Waals surface area contributed by atoms with E-state index in [1.807, 2.05) is 13.0 Å². The lowest BCUT2D eigenvalue weighted by atomic mass is 9.44. The van der Waals surface area contributed by atoms with E-state index < -0.39 is 23.0 Å². The summed E-state index contributed by atoms with van der Waals surface area (Å²) in [7, 11) is 0. The van der Waals surface area contributed by atoms with Crippen molar-refractivity contribution in [1.29, 1.82) is 0 Å². The minimum absolute atomic E-state index is 0.0313. The van der Waals surface area contributed by atoms with Gasteiger partial charge in [0.2, 0.25) is 0 Å². The second-order valence-corrected chi connectivity index (χ2v) is 14.1. The predicted molar refractivity (Wildman–Crippen MR) is 140 cm³/mol. The normalized spacial score (nSPS) is 50.1. The van der Waals surface area contributed by atoms with Gasteiger partial charge in [0, 0.05) is 28.4 Å². The molecule has 2 bridgehead atoms. The van der Waals surface area contributed by atoms with Gasteiger partial charge in [0.1, 0.15) is 11.9 Å². The highest BCUT2D eigenvalue weighted by Gasteiger charge is 2.68. The Hall–Kier alpha value is -0.850. The van der Waals surface area contributed by atoms with Crippen LogP contribution < -0.4 is 0 Å². The third-order valence-corrected chi connectivity index (χ3v) is 12.4. The van der Waals surface area contributed by atoms with Crippen LogP contribution in [-0.4, -0.2) is 51.3 Å². The van der Waals surface area contributed by atoms with Gasteiger partial charge in [-0.1, -0.05) is 40.7 Å². The van der Waals surface area contributed by atoms with Gasteiger partial charge in [-0.15, -0.1) is 18.3 Å². The number of ketones is 1. The van der Waals surface area contributed by atoms with Crippen LogP contribution >= 0.6 is 11.8 Å². The molecule has 0 saturated heterocycles. The largest absolute Gasteiger partial charge is 0.461 e. The van der Waals surface area contributed by atoms with Gasteiger partial charge in [0.05, 0.1) is 18.0 Å². The minimum Gasteiger partial charge on any atom is -0.461 e. The van der Waals surface area contributed by atoms with Crippen LogP contribution in [0.5, 0.6) is 0 Å². The van der Waals surface area contributed by atoms with E-state index in [0.717, 1.165) is 38.5 Å². The number of carbonyl (C=O) groups excluding carboxylic acids is 2. The molecule has 5 nitrogen and oxygen atoms in total. The molecule has 0 aromatic heterocycles. The maximum atomic E-state index is 13.5. The van der Waals surface area contributed by atoms with Crippen LogP contribution in [0.15, 0.2) is 12.7 Å². The van der Waals surface area contributed by atoms with Gasteiger partial charge in [-0.25, -0.2) is 0 Å². The van der Waals surface area contributed by atoms with Crippen molar-refractivity contribution in [3.05, 3.63) is 12.7 Å². The van der Waals surface area contributed by atoms with E-state index in [1.54, 1.807) is 0 Å². The van der Waals surface area contributed by atoms with E-state index in [1.165, 1.54) is 11.8 Å². The maximum absolute atomic E-state index is 13.5. The van der Waals surface area contributed by atoms with E-state index >= 15 is 0 Å². The lowest BCUT2D eigenvalue weighted by Gasteiger charge is -2.61. The Bertz CT molecular complexity index is 845. The Labute approximate surface area is 215 Å². The summed E-state index contributed by atoms with van der Waals surface area (Å²) in [6.07, 6.45) is 6.80. The Morgan fingerprint density at radius 1 is 1.17 bits per heavy atom. The second kappa shape index (κ2) is 9.79. The van der Waals surface area contributed by atoms with Crippen molar-refractivity contribution in [2.45, 2.75) is 110 Å². The van der Waals surface area contributed by atoms with Crippen molar-refractivity contribution in [3.63, 3.8) is 0 Å². The quantitative estimate of drug-likeness (QED) is 0.395. The van der Waals surface area contributed by atoms with Crippen LogP contribution in [0.1, 0.15) is 86.0 Å². The number of esters is 1. The molecule has 0 aromatic rings. The monoisotopic (exact) mass is 506 g/mol. The number of hydrogen-bond donors (Lipinski definition) is 2. The summed E-state index contributed by atoms with van der Waals surface area (Å²) in [5, 5.41) is 22.1. The molecule has 198 valence electrons. The molecular formula is C29H46O5S. The average molecular weight is 507 g/mol. The molecule has 0 radical (unpaired) electrons. The number of thioether (sulfide) groups is 1. The van der Waals surface area contributed by atoms with Crippen LogP contribution in [0, 0.1) is 39.9 Å². The summed E-state index contributed by atoms with van der Waals surface area (Å²) in [6, 6.07) is 0. The van der Waals surface area contributed by atoms with Gasteiger partial charge in [-0.3, -0.25) is 9.59 Å². The summed E-state index contributed by atoms with van der Waals surface area (Å²) in [5.74, 6) is 0.703. The first-order valence-electron chi connectivity index (χ1n) is 13.7. The Morgan fingerprint density at radius 3 is 2.54 bits per heavy atom. The van der Waals surface area contributed by atoms with Crippen LogP contribution in [0.4, 0.5) is 0 Å². The molecule has 4 aliphatic rings. The molecular weight excluding hydrogens is 460 g/mol. The van der Waals surface area contributed by atoms with Crippen molar-refractivity contribution >= 4 is 23.5 Å². The molecule has 4 aliphatic carbocycles. The first-order chi connectivity index (χ1) is 16.4. The fourth-order valence-electron chi connectivity index (χ4n) is 8.39. The molecule has 0 amide bonds. The van der Waals surface area contributed by atoms with Gasteiger partial charge in [0.15, 0.2) is 0 Å². The summed E-state index contributed by atoms with van der Waals surface area (Å²) in [4.78, 5) is 26.7. The number of hydrogen-bond acceptors (Lipinski definition) is 6. The summed E-state index contributed by atoms with van der Waals surface area (Å²) in [6.45, 7) is 14.8. The molecule has 4 fully saturated rings. The minimum atomic E-state index is -0.652. The zero-order valence-electron chi connectivity index (χ0n) is 22.3. The molecule has 4 rings (SSSR count). The summed E-state index contributed by atoms with van der Waals surface area (Å²) in [5.41, 5.74) is -1.36. The lowest BCUT2D eigenvalue weighted by Crippen LogP contribution is -2.63. The van der Waals surface area contributed by atoms with Gasteiger partial charge in [-0.2, -0.15) is 0 Å². The standard InChI is InChI=1S/C29H46O5S/c1-7-27(5)15-23(34-24(32)16-35-22-9-8-17(2)14-21(22)31)28(6)18(3)10-12-29(19(4)26(27)33)13-11-20(30)25(28)29/h7,17-19,21-23,25-26,31,33H,1,8-16H2,2-6H3/t17?,18?,19-,21?,22?,23+,25-,26-,27+,28-,29-/m0/s1. The highest BCUT2D eigenvalue weighted by molar-refractivity contribution is 8.00. The average Bonchev–Trinajstić information content (AvgIpc) is 3.17. The number of aliphatic hydroxyl groups excluding tert-OH is 2. The molecule has 6 heteroatoms. The zero-order chi connectivity index (χ0) is 25.8. The zero-order valence-corrected chi connectivity index (χ0v) is 23.1. The molecule has 11 atom stereocenters. The van der Waals surface area contributed by atoms with Crippen molar-refractivity contribution in [1.82, 2.24) is 0 Å². The SMILES string of the molecule is C=C[C@]1(C)C[C@@H](OC(=O)CSC2CCC(C)CC2O)[C@]2(C)C(C)CC[C@]3(CCC(=O)[C@H]32)[C@@H](C)[C@@H]1O. The van der Waals surface area contributed by atoms with E-state index in [2.05, 4.69) is 34.3 Å². The van der Waals surface area contributed by atoms with Gasteiger partial charge < -0.3 is 14.9 Å².